The number of hydrogen-bond acceptors (Lipinski definition) is 4. The van der Waals surface area contributed by atoms with Gasteiger partial charge in [0, 0.05) is 26.6 Å². The molecule has 2 N–H and O–H groups in total. The number of carbonyl (C=O) groups excluding carboxylic acids is 2. The summed E-state index contributed by atoms with van der Waals surface area (Å²) in [5.41, 5.74) is 1.06. The average Bonchev–Trinajstić information content (AvgIpc) is 2.48. The number of rotatable bonds is 9. The van der Waals surface area contributed by atoms with E-state index in [1.54, 1.807) is 7.11 Å². The molecule has 2 amide bonds. The normalized spacial score (nSPS) is 11.7. The first-order chi connectivity index (χ1) is 10.1. The topological polar surface area (TPSA) is 67.4 Å². The molecule has 0 saturated heterocycles. The molecule has 0 heterocycles. The van der Waals surface area contributed by atoms with Gasteiger partial charge in [-0.3, -0.25) is 9.59 Å². The first-order valence-electron chi connectivity index (χ1n) is 6.89. The van der Waals surface area contributed by atoms with Crippen LogP contribution < -0.4 is 10.6 Å². The zero-order chi connectivity index (χ0) is 15.5. The highest BCUT2D eigenvalue weighted by Gasteiger charge is 2.14. The van der Waals surface area contributed by atoms with Gasteiger partial charge in [0.25, 0.3) is 0 Å². The summed E-state index contributed by atoms with van der Waals surface area (Å²) >= 11 is 4.30. The molecule has 0 aliphatic rings. The van der Waals surface area contributed by atoms with Crippen LogP contribution in [0, 0.1) is 0 Å². The Kier molecular flexibility index (Phi) is 8.54. The fraction of sp³-hybridized carbons (Fsp3) is 0.467. The van der Waals surface area contributed by atoms with Crippen molar-refractivity contribution in [2.45, 2.75) is 18.1 Å². The summed E-state index contributed by atoms with van der Waals surface area (Å²) in [5.74, 6) is -0.266. The Balaban J connectivity index is 2.19. The van der Waals surface area contributed by atoms with E-state index in [4.69, 9.17) is 4.74 Å². The highest BCUT2D eigenvalue weighted by Crippen LogP contribution is 2.07. The number of ether oxygens (including phenoxy) is 1. The third kappa shape index (κ3) is 7.72. The second-order valence-electron chi connectivity index (χ2n) is 4.59. The summed E-state index contributed by atoms with van der Waals surface area (Å²) in [6.45, 7) is 1.27. The molecule has 0 aromatic heterocycles. The molecule has 0 spiro atoms. The lowest BCUT2D eigenvalue weighted by Crippen LogP contribution is -2.36. The van der Waals surface area contributed by atoms with E-state index in [-0.39, 0.29) is 18.2 Å². The van der Waals surface area contributed by atoms with Crippen LogP contribution in [0.4, 0.5) is 0 Å². The average molecular weight is 310 g/mol. The van der Waals surface area contributed by atoms with Crippen LogP contribution in [0.1, 0.15) is 12.0 Å². The van der Waals surface area contributed by atoms with E-state index in [0.29, 0.717) is 26.1 Å². The standard InChI is InChI=1S/C15H22N2O3S/c1-20-10-9-16-14(18)7-8-17-15(19)13(21)11-12-5-3-2-4-6-12/h2-6,13,21H,7-11H2,1H3,(H,16,18)(H,17,19). The van der Waals surface area contributed by atoms with E-state index < -0.39 is 5.25 Å². The molecule has 6 heteroatoms. The van der Waals surface area contributed by atoms with Crippen LogP contribution in [0.2, 0.25) is 0 Å². The van der Waals surface area contributed by atoms with Crippen molar-refractivity contribution in [3.63, 3.8) is 0 Å². The van der Waals surface area contributed by atoms with Crippen molar-refractivity contribution >= 4 is 24.4 Å². The molecule has 1 rings (SSSR count). The van der Waals surface area contributed by atoms with Gasteiger partial charge >= 0.3 is 0 Å². The number of amides is 2. The number of thiol groups is 1. The Labute approximate surface area is 130 Å². The van der Waals surface area contributed by atoms with Gasteiger partial charge in [-0.2, -0.15) is 12.6 Å². The molecule has 1 aromatic rings. The van der Waals surface area contributed by atoms with Crippen molar-refractivity contribution < 1.29 is 14.3 Å². The smallest absolute Gasteiger partial charge is 0.233 e. The largest absolute Gasteiger partial charge is 0.383 e. The maximum absolute atomic E-state index is 11.9. The molecule has 116 valence electrons. The number of benzene rings is 1. The molecule has 0 bridgehead atoms. The molecule has 0 radical (unpaired) electrons. The predicted octanol–water partition coefficient (Wildman–Crippen LogP) is 0.796. The molecule has 1 unspecified atom stereocenters. The van der Waals surface area contributed by atoms with Gasteiger partial charge in [0.15, 0.2) is 0 Å². The lowest BCUT2D eigenvalue weighted by molar-refractivity contribution is -0.122. The Morgan fingerprint density at radius 2 is 1.90 bits per heavy atom. The maximum atomic E-state index is 11.9. The lowest BCUT2D eigenvalue weighted by atomic mass is 10.1. The number of hydrogen-bond donors (Lipinski definition) is 3. The van der Waals surface area contributed by atoms with Crippen molar-refractivity contribution in [1.29, 1.82) is 0 Å². The Morgan fingerprint density at radius 1 is 1.19 bits per heavy atom. The monoisotopic (exact) mass is 310 g/mol. The number of nitrogens with one attached hydrogen (secondary N) is 2. The van der Waals surface area contributed by atoms with Crippen LogP contribution in [-0.4, -0.2) is 43.9 Å². The van der Waals surface area contributed by atoms with Crippen molar-refractivity contribution in [2.24, 2.45) is 0 Å². The fourth-order valence-electron chi connectivity index (χ4n) is 1.73. The van der Waals surface area contributed by atoms with Gasteiger partial charge in [-0.1, -0.05) is 30.3 Å². The Hall–Kier alpha value is -1.53. The lowest BCUT2D eigenvalue weighted by Gasteiger charge is -2.11. The summed E-state index contributed by atoms with van der Waals surface area (Å²) in [5, 5.41) is 5.00. The molecule has 5 nitrogen and oxygen atoms in total. The van der Waals surface area contributed by atoms with E-state index >= 15 is 0 Å². The van der Waals surface area contributed by atoms with Gasteiger partial charge in [-0.15, -0.1) is 0 Å². The molecule has 0 fully saturated rings. The van der Waals surface area contributed by atoms with Crippen molar-refractivity contribution in [3.05, 3.63) is 35.9 Å². The molecule has 0 saturated carbocycles. The number of methoxy groups -OCH3 is 1. The molecule has 0 aliphatic carbocycles. The summed E-state index contributed by atoms with van der Waals surface area (Å²) in [6.07, 6.45) is 0.817. The zero-order valence-corrected chi connectivity index (χ0v) is 13.1. The van der Waals surface area contributed by atoms with Gasteiger partial charge in [0.1, 0.15) is 0 Å². The molecule has 21 heavy (non-hydrogen) atoms. The van der Waals surface area contributed by atoms with Crippen LogP contribution in [0.15, 0.2) is 30.3 Å². The van der Waals surface area contributed by atoms with Crippen molar-refractivity contribution in [2.75, 3.05) is 26.8 Å². The van der Waals surface area contributed by atoms with Gasteiger partial charge in [-0.25, -0.2) is 0 Å². The Bertz CT molecular complexity index is 440. The minimum absolute atomic E-state index is 0.105. The minimum atomic E-state index is -0.413. The molecular formula is C15H22N2O3S. The second kappa shape index (κ2) is 10.2. The van der Waals surface area contributed by atoms with Crippen LogP contribution in [0.25, 0.3) is 0 Å². The van der Waals surface area contributed by atoms with Crippen LogP contribution in [0.3, 0.4) is 0 Å². The van der Waals surface area contributed by atoms with E-state index in [0.717, 1.165) is 5.56 Å². The predicted molar refractivity (Wildman–Crippen MR) is 85.4 cm³/mol. The Morgan fingerprint density at radius 3 is 2.57 bits per heavy atom. The zero-order valence-electron chi connectivity index (χ0n) is 12.2. The highest BCUT2D eigenvalue weighted by molar-refractivity contribution is 7.81. The van der Waals surface area contributed by atoms with Crippen LogP contribution >= 0.6 is 12.6 Å². The molecule has 0 aliphatic heterocycles. The number of carbonyl (C=O) groups is 2. The molecule has 1 aromatic carbocycles. The minimum Gasteiger partial charge on any atom is -0.383 e. The van der Waals surface area contributed by atoms with Gasteiger partial charge in [0.2, 0.25) is 11.8 Å². The first-order valence-corrected chi connectivity index (χ1v) is 7.40. The van der Waals surface area contributed by atoms with Crippen molar-refractivity contribution in [3.8, 4) is 0 Å². The highest BCUT2D eigenvalue weighted by atomic mass is 32.1. The second-order valence-corrected chi connectivity index (χ2v) is 5.21. The summed E-state index contributed by atoms with van der Waals surface area (Å²) in [4.78, 5) is 23.3. The quantitative estimate of drug-likeness (QED) is 0.467. The van der Waals surface area contributed by atoms with Crippen LogP contribution in [-0.2, 0) is 20.7 Å². The first kappa shape index (κ1) is 17.5. The van der Waals surface area contributed by atoms with E-state index in [1.807, 2.05) is 30.3 Å². The SMILES string of the molecule is COCCNC(=O)CCNC(=O)C(S)Cc1ccccc1. The van der Waals surface area contributed by atoms with Gasteiger partial charge in [-0.05, 0) is 12.0 Å². The third-order valence-corrected chi connectivity index (χ3v) is 3.27. The van der Waals surface area contributed by atoms with E-state index in [1.165, 1.54) is 0 Å². The molecule has 1 atom stereocenters. The fourth-order valence-corrected chi connectivity index (χ4v) is 2.03. The molecular weight excluding hydrogens is 288 g/mol. The van der Waals surface area contributed by atoms with E-state index in [9.17, 15) is 9.59 Å². The van der Waals surface area contributed by atoms with E-state index in [2.05, 4.69) is 23.3 Å². The maximum Gasteiger partial charge on any atom is 0.233 e. The van der Waals surface area contributed by atoms with Gasteiger partial charge < -0.3 is 15.4 Å². The van der Waals surface area contributed by atoms with Crippen LogP contribution in [0.5, 0.6) is 0 Å². The van der Waals surface area contributed by atoms with Gasteiger partial charge in [0.05, 0.1) is 11.9 Å². The third-order valence-electron chi connectivity index (χ3n) is 2.85. The van der Waals surface area contributed by atoms with Crippen molar-refractivity contribution in [1.82, 2.24) is 10.6 Å². The summed E-state index contributed by atoms with van der Waals surface area (Å²) in [6, 6.07) is 9.70. The summed E-state index contributed by atoms with van der Waals surface area (Å²) in [7, 11) is 1.58. The summed E-state index contributed by atoms with van der Waals surface area (Å²) < 4.78 is 4.83.